The molecule has 0 aliphatic heterocycles. The Morgan fingerprint density at radius 3 is 2.00 bits per heavy atom. The minimum Gasteiger partial charge on any atom is -0.415 e. The van der Waals surface area contributed by atoms with Gasteiger partial charge >= 0.3 is 0 Å². The molecule has 4 aliphatic rings. The average Bonchev–Trinajstić information content (AvgIpc) is 3.11. The summed E-state index contributed by atoms with van der Waals surface area (Å²) in [7, 11) is -5.48. The van der Waals surface area contributed by atoms with Crippen LogP contribution in [0, 0.1) is 34.5 Å². The molecule has 0 bridgehead atoms. The number of nitrogens with zero attached hydrogens (tertiary/aromatic N) is 1. The molecule has 0 aromatic carbocycles. The molecule has 0 aromatic rings. The zero-order chi connectivity index (χ0) is 33.1. The van der Waals surface area contributed by atoms with Crippen LogP contribution >= 0.6 is 0 Å². The molecule has 5 unspecified atom stereocenters. The van der Waals surface area contributed by atoms with Gasteiger partial charge in [-0.25, -0.2) is 0 Å². The summed E-state index contributed by atoms with van der Waals surface area (Å²) in [5, 5.41) is 4.96. The van der Waals surface area contributed by atoms with Gasteiger partial charge in [0.05, 0.1) is 24.0 Å². The highest BCUT2D eigenvalue weighted by Crippen LogP contribution is 2.69. The van der Waals surface area contributed by atoms with E-state index in [4.69, 9.17) is 27.7 Å². The van der Waals surface area contributed by atoms with Crippen molar-refractivity contribution in [3.63, 3.8) is 0 Å². The number of oxime groups is 1. The average molecular weight is 684 g/mol. The third-order valence-corrected chi connectivity index (χ3v) is 15.5. The van der Waals surface area contributed by atoms with Crippen LogP contribution < -0.4 is 0 Å². The van der Waals surface area contributed by atoms with Gasteiger partial charge in [-0.1, -0.05) is 19.0 Å². The first-order valence-electron chi connectivity index (χ1n) is 17.7. The van der Waals surface area contributed by atoms with Gasteiger partial charge in [0.2, 0.25) is 0 Å². The molecule has 4 rings (SSSR count). The first-order chi connectivity index (χ1) is 19.9. The van der Waals surface area contributed by atoms with Crippen molar-refractivity contribution < 1.29 is 22.5 Å². The topological polar surface area (TPSA) is 58.5 Å². The fourth-order valence-electron chi connectivity index (χ4n) is 10.2. The van der Waals surface area contributed by atoms with E-state index >= 15 is 0 Å². The van der Waals surface area contributed by atoms with Gasteiger partial charge in [0.25, 0.3) is 0 Å². The van der Waals surface area contributed by atoms with E-state index in [1.54, 1.807) is 7.11 Å². The van der Waals surface area contributed by atoms with Crippen LogP contribution in [0.3, 0.4) is 0 Å². The summed E-state index contributed by atoms with van der Waals surface area (Å²) in [6, 6.07) is 0. The summed E-state index contributed by atoms with van der Waals surface area (Å²) >= 11 is 0. The molecule has 4 saturated carbocycles. The highest BCUT2D eigenvalue weighted by Gasteiger charge is 2.70. The maximum atomic E-state index is 7.59. The summed E-state index contributed by atoms with van der Waals surface area (Å²) in [5.41, 5.74) is 1.03. The molecule has 4 fully saturated rings. The van der Waals surface area contributed by atoms with Crippen molar-refractivity contribution in [3.8, 4) is 0 Å². The highest BCUT2D eigenvalue weighted by atomic mass is 28.4. The maximum absolute atomic E-state index is 7.59. The maximum Gasteiger partial charge on any atom is 0.184 e. The first-order valence-corrected chi connectivity index (χ1v) is 31.4. The minimum atomic E-state index is -1.98. The van der Waals surface area contributed by atoms with Crippen molar-refractivity contribution in [2.75, 3.05) is 13.7 Å². The second-order valence-electron chi connectivity index (χ2n) is 19.3. The Morgan fingerprint density at radius 1 is 0.795 bits per heavy atom. The third-order valence-electron chi connectivity index (χ3n) is 11.4. The zero-order valence-electron chi connectivity index (χ0n) is 31.3. The zero-order valence-corrected chi connectivity index (χ0v) is 35.3. The molecule has 256 valence electrons. The molecule has 0 N–H and O–H groups in total. The van der Waals surface area contributed by atoms with Crippen LogP contribution in [0.25, 0.3) is 0 Å². The predicted molar refractivity (Wildman–Crippen MR) is 194 cm³/mol. The second-order valence-corrected chi connectivity index (χ2v) is 37.2. The van der Waals surface area contributed by atoms with Gasteiger partial charge in [-0.15, -0.1) is 0 Å². The molecule has 0 heterocycles. The summed E-state index contributed by atoms with van der Waals surface area (Å²) in [4.78, 5) is 5.73. The normalized spacial score (nSPS) is 39.9. The molecule has 6 nitrogen and oxygen atoms in total. The number of hydrogen-bond donors (Lipinski definition) is 0. The lowest BCUT2D eigenvalue weighted by Gasteiger charge is -2.63. The lowest BCUT2D eigenvalue weighted by Crippen LogP contribution is -2.67. The Hall–Kier alpha value is 0.178. The van der Waals surface area contributed by atoms with Crippen molar-refractivity contribution in [3.05, 3.63) is 0 Å². The molecule has 44 heavy (non-hydrogen) atoms. The van der Waals surface area contributed by atoms with Crippen LogP contribution in [0.2, 0.25) is 78.6 Å². The van der Waals surface area contributed by atoms with E-state index < -0.39 is 38.9 Å². The van der Waals surface area contributed by atoms with Crippen LogP contribution in [-0.4, -0.2) is 70.5 Å². The van der Waals surface area contributed by atoms with Crippen molar-refractivity contribution in [2.24, 2.45) is 39.7 Å². The fourth-order valence-corrected chi connectivity index (χ4v) is 14.8. The number of hydrogen-bond acceptors (Lipinski definition) is 6. The molecule has 0 radical (unpaired) electrons. The van der Waals surface area contributed by atoms with Gasteiger partial charge in [-0.2, -0.15) is 0 Å². The Labute approximate surface area is 275 Å². The summed E-state index contributed by atoms with van der Waals surface area (Å²) in [6.07, 6.45) is 9.66. The van der Waals surface area contributed by atoms with Crippen LogP contribution in [0.15, 0.2) is 5.16 Å². The summed E-state index contributed by atoms with van der Waals surface area (Å²) in [6.45, 7) is 33.7. The largest absolute Gasteiger partial charge is 0.415 e. The summed E-state index contributed by atoms with van der Waals surface area (Å²) in [5.74, 6) is 2.32. The van der Waals surface area contributed by atoms with E-state index in [2.05, 4.69) is 92.4 Å². The van der Waals surface area contributed by atoms with Crippen molar-refractivity contribution in [1.29, 1.82) is 0 Å². The molecule has 0 spiro atoms. The van der Waals surface area contributed by atoms with Crippen molar-refractivity contribution >= 4 is 39.0 Å². The van der Waals surface area contributed by atoms with Crippen molar-refractivity contribution in [1.82, 2.24) is 0 Å². The Bertz CT molecular complexity index is 1050. The lowest BCUT2D eigenvalue weighted by molar-refractivity contribution is -0.158. The van der Waals surface area contributed by atoms with E-state index in [0.717, 1.165) is 12.8 Å². The molecule has 0 aromatic heterocycles. The molecule has 10 heteroatoms. The molecular weight excluding hydrogens is 615 g/mol. The quantitative estimate of drug-likeness (QED) is 0.160. The standard InChI is InChI=1S/C34H69NO5Si4/c1-32-20-18-26(38-42(7,8)9)22-25(32)16-17-27-28-19-21-34(40-44(13,14)15,33(28,2)23-29(31(27)32)35-36-3)30(39-43(10,11)12)24-37-41(4,5)6/h25-28,30-31H,16-24H2,1-15H3/b35-29+/t25?,26?,27?,28?,30-,31?,32+,33+,34+/m1/s1. The van der Waals surface area contributed by atoms with E-state index in [1.165, 1.54) is 44.2 Å². The van der Waals surface area contributed by atoms with E-state index in [0.29, 0.717) is 36.4 Å². The van der Waals surface area contributed by atoms with E-state index in [9.17, 15) is 0 Å². The van der Waals surface area contributed by atoms with Gasteiger partial charge in [-0.05, 0) is 153 Å². The van der Waals surface area contributed by atoms with Gasteiger partial charge < -0.3 is 22.5 Å². The monoisotopic (exact) mass is 683 g/mol. The van der Waals surface area contributed by atoms with Gasteiger partial charge in [-0.3, -0.25) is 0 Å². The molecule has 0 saturated heterocycles. The van der Waals surface area contributed by atoms with Crippen LogP contribution in [0.4, 0.5) is 0 Å². The Balaban J connectivity index is 1.77. The van der Waals surface area contributed by atoms with Crippen LogP contribution in [-0.2, 0) is 22.5 Å². The van der Waals surface area contributed by atoms with Gasteiger partial charge in [0.15, 0.2) is 33.3 Å². The first kappa shape index (κ1) is 37.0. The Kier molecular flexibility index (Phi) is 10.6. The molecular formula is C34H69NO5Si4. The third kappa shape index (κ3) is 7.73. The highest BCUT2D eigenvalue weighted by molar-refractivity contribution is 6.71. The second kappa shape index (κ2) is 12.6. The SMILES string of the molecule is CO/N=C1\C[C@@]2(C)C(CC[C@]2(O[Si](C)(C)C)[C@@H](CO[Si](C)(C)C)O[Si](C)(C)C)C2CCC3CC(O[Si](C)(C)C)CC[C@]3(C)C12. The predicted octanol–water partition coefficient (Wildman–Crippen LogP) is 9.52. The van der Waals surface area contributed by atoms with Gasteiger partial charge in [0.1, 0.15) is 7.11 Å². The van der Waals surface area contributed by atoms with Crippen molar-refractivity contribution in [2.45, 2.75) is 162 Å². The van der Waals surface area contributed by atoms with E-state index in [-0.39, 0.29) is 16.9 Å². The summed E-state index contributed by atoms with van der Waals surface area (Å²) < 4.78 is 28.3. The van der Waals surface area contributed by atoms with E-state index in [1.807, 2.05) is 0 Å². The molecule has 9 atom stereocenters. The smallest absolute Gasteiger partial charge is 0.184 e. The van der Waals surface area contributed by atoms with Crippen LogP contribution in [0.5, 0.6) is 0 Å². The molecule has 0 amide bonds. The number of rotatable bonds is 11. The minimum absolute atomic E-state index is 0.0796. The lowest BCUT2D eigenvalue weighted by atomic mass is 9.43. The number of fused-ring (bicyclic) bond motifs is 5. The molecule has 4 aliphatic carbocycles. The van der Waals surface area contributed by atoms with Gasteiger partial charge in [0, 0.05) is 17.4 Å². The fraction of sp³-hybridized carbons (Fsp3) is 0.971. The van der Waals surface area contributed by atoms with Crippen LogP contribution in [0.1, 0.15) is 65.2 Å². The Morgan fingerprint density at radius 2 is 1.45 bits per heavy atom.